The van der Waals surface area contributed by atoms with Crippen LogP contribution in [0.25, 0.3) is 0 Å². The second-order valence-corrected chi connectivity index (χ2v) is 4.78. The zero-order chi connectivity index (χ0) is 13.1. The van der Waals surface area contributed by atoms with Crippen LogP contribution in [0, 0.1) is 0 Å². The molecule has 1 fully saturated rings. The average molecular weight is 251 g/mol. The molecule has 0 saturated carbocycles. The Balaban J connectivity index is 2.22. The summed E-state index contributed by atoms with van der Waals surface area (Å²) in [6, 6.07) is 0.0786. The van der Waals surface area contributed by atoms with Gasteiger partial charge in [0.15, 0.2) is 0 Å². The summed E-state index contributed by atoms with van der Waals surface area (Å²) in [6.07, 6.45) is 4.69. The Bertz CT molecular complexity index is 416. The van der Waals surface area contributed by atoms with Crippen LogP contribution in [-0.4, -0.2) is 46.3 Å². The summed E-state index contributed by atoms with van der Waals surface area (Å²) < 4.78 is 1.77. The van der Waals surface area contributed by atoms with Gasteiger partial charge in [-0.1, -0.05) is 6.92 Å². The van der Waals surface area contributed by atoms with Crippen LogP contribution in [0.2, 0.25) is 0 Å². The zero-order valence-corrected chi connectivity index (χ0v) is 11.0. The average Bonchev–Trinajstić information content (AvgIpc) is 2.76. The molecule has 1 aromatic rings. The van der Waals surface area contributed by atoms with E-state index in [-0.39, 0.29) is 18.0 Å². The molecule has 2 atom stereocenters. The van der Waals surface area contributed by atoms with Gasteiger partial charge in [0.2, 0.25) is 5.91 Å². The molecule has 2 rings (SSSR count). The number of rotatable bonds is 4. The fourth-order valence-corrected chi connectivity index (χ4v) is 2.44. The molecule has 0 radical (unpaired) electrons. The van der Waals surface area contributed by atoms with Gasteiger partial charge in [-0.3, -0.25) is 14.4 Å². The number of nitrogens with zero attached hydrogens (tertiary/aromatic N) is 3. The molecule has 0 bridgehead atoms. The Morgan fingerprint density at radius 2 is 2.39 bits per heavy atom. The van der Waals surface area contributed by atoms with Crippen molar-refractivity contribution in [3.05, 3.63) is 18.0 Å². The van der Waals surface area contributed by atoms with Crippen molar-refractivity contribution in [3.8, 4) is 0 Å². The van der Waals surface area contributed by atoms with Crippen LogP contribution >= 0.6 is 0 Å². The molecule has 100 valence electrons. The van der Waals surface area contributed by atoms with Crippen LogP contribution in [0.5, 0.6) is 0 Å². The van der Waals surface area contributed by atoms with E-state index in [2.05, 4.69) is 22.2 Å². The summed E-state index contributed by atoms with van der Waals surface area (Å²) >= 11 is 0. The Labute approximate surface area is 107 Å². The lowest BCUT2D eigenvalue weighted by atomic mass is 9.98. The summed E-state index contributed by atoms with van der Waals surface area (Å²) in [5.74, 6) is 0.0680. The number of aromatic nitrogens is 2. The molecule has 1 saturated heterocycles. The number of aryl methyl sites for hydroxylation is 1. The monoisotopic (exact) mass is 251 g/mol. The topological polar surface area (TPSA) is 76.2 Å². The van der Waals surface area contributed by atoms with Crippen molar-refractivity contribution in [1.29, 1.82) is 0 Å². The highest BCUT2D eigenvalue weighted by Crippen LogP contribution is 2.25. The Morgan fingerprint density at radius 3 is 2.94 bits per heavy atom. The van der Waals surface area contributed by atoms with Gasteiger partial charge in [-0.2, -0.15) is 5.10 Å². The van der Waals surface area contributed by atoms with Crippen LogP contribution in [0.4, 0.5) is 0 Å². The molecule has 0 aliphatic carbocycles. The highest BCUT2D eigenvalue weighted by Gasteiger charge is 2.30. The molecule has 6 nitrogen and oxygen atoms in total. The van der Waals surface area contributed by atoms with Crippen molar-refractivity contribution in [2.24, 2.45) is 12.8 Å². The minimum Gasteiger partial charge on any atom is -0.354 e. The molecule has 0 spiro atoms. The lowest BCUT2D eigenvalue weighted by molar-refractivity contribution is -0.125. The van der Waals surface area contributed by atoms with E-state index in [9.17, 15) is 4.79 Å². The van der Waals surface area contributed by atoms with Gasteiger partial charge in [0.25, 0.3) is 0 Å². The Kier molecular flexibility index (Phi) is 3.98. The predicted octanol–water partition coefficient (Wildman–Crippen LogP) is -0.370. The molecule has 18 heavy (non-hydrogen) atoms. The molecule has 1 aromatic heterocycles. The summed E-state index contributed by atoms with van der Waals surface area (Å²) in [6.45, 7) is 4.00. The number of carbonyl (C=O) groups excluding carboxylic acids is 1. The number of piperazine rings is 1. The first-order valence-corrected chi connectivity index (χ1v) is 6.36. The Hall–Kier alpha value is -1.40. The standard InChI is InChI=1S/C12H21N5O/c1-3-10(13)12(9-6-15-16(2)7-9)17-5-4-14-11(18)8-17/h6-7,10,12H,3-5,8,13H2,1-2H3,(H,14,18). The van der Waals surface area contributed by atoms with E-state index in [1.54, 1.807) is 4.68 Å². The first-order chi connectivity index (χ1) is 8.61. The molecule has 0 aromatic carbocycles. The van der Waals surface area contributed by atoms with E-state index in [0.717, 1.165) is 18.5 Å². The van der Waals surface area contributed by atoms with E-state index in [1.807, 2.05) is 19.4 Å². The van der Waals surface area contributed by atoms with E-state index in [4.69, 9.17) is 5.73 Å². The van der Waals surface area contributed by atoms with Crippen LogP contribution < -0.4 is 11.1 Å². The number of hydrogen-bond donors (Lipinski definition) is 2. The maximum atomic E-state index is 11.5. The SMILES string of the molecule is CCC(N)C(c1cnn(C)c1)N1CCNC(=O)C1. The lowest BCUT2D eigenvalue weighted by Crippen LogP contribution is -2.52. The smallest absolute Gasteiger partial charge is 0.234 e. The second-order valence-electron chi connectivity index (χ2n) is 4.78. The number of carbonyl (C=O) groups is 1. The highest BCUT2D eigenvalue weighted by molar-refractivity contribution is 5.78. The van der Waals surface area contributed by atoms with Gasteiger partial charge in [0, 0.05) is 37.9 Å². The molecule has 1 aliphatic rings. The van der Waals surface area contributed by atoms with Gasteiger partial charge < -0.3 is 11.1 Å². The van der Waals surface area contributed by atoms with E-state index in [1.165, 1.54) is 0 Å². The number of amides is 1. The van der Waals surface area contributed by atoms with Gasteiger partial charge in [-0.15, -0.1) is 0 Å². The first kappa shape index (κ1) is 13.0. The maximum Gasteiger partial charge on any atom is 0.234 e. The molecule has 2 heterocycles. The molecule has 1 amide bonds. The van der Waals surface area contributed by atoms with Crippen LogP contribution in [0.15, 0.2) is 12.4 Å². The summed E-state index contributed by atoms with van der Waals surface area (Å²) in [4.78, 5) is 13.7. The normalized spacial score (nSPS) is 20.5. The third-order valence-corrected chi connectivity index (χ3v) is 3.40. The number of nitrogens with one attached hydrogen (secondary N) is 1. The fraction of sp³-hybridized carbons (Fsp3) is 0.667. The van der Waals surface area contributed by atoms with Gasteiger partial charge in [-0.05, 0) is 6.42 Å². The quantitative estimate of drug-likeness (QED) is 0.765. The zero-order valence-electron chi connectivity index (χ0n) is 11.0. The molecular formula is C12H21N5O. The minimum absolute atomic E-state index is 0.0140. The van der Waals surface area contributed by atoms with Crippen molar-refractivity contribution >= 4 is 5.91 Å². The summed E-state index contributed by atoms with van der Waals surface area (Å²) in [5, 5.41) is 7.04. The van der Waals surface area contributed by atoms with E-state index >= 15 is 0 Å². The second kappa shape index (κ2) is 5.49. The van der Waals surface area contributed by atoms with Gasteiger partial charge in [-0.25, -0.2) is 0 Å². The first-order valence-electron chi connectivity index (χ1n) is 6.36. The van der Waals surface area contributed by atoms with Crippen molar-refractivity contribution in [1.82, 2.24) is 20.0 Å². The van der Waals surface area contributed by atoms with Crippen LogP contribution in [0.1, 0.15) is 24.9 Å². The molecule has 3 N–H and O–H groups in total. The fourth-order valence-electron chi connectivity index (χ4n) is 2.44. The minimum atomic E-state index is 0.0140. The summed E-state index contributed by atoms with van der Waals surface area (Å²) in [7, 11) is 1.89. The van der Waals surface area contributed by atoms with E-state index in [0.29, 0.717) is 13.1 Å². The third kappa shape index (κ3) is 2.70. The van der Waals surface area contributed by atoms with Crippen LogP contribution in [-0.2, 0) is 11.8 Å². The number of hydrogen-bond acceptors (Lipinski definition) is 4. The highest BCUT2D eigenvalue weighted by atomic mass is 16.2. The predicted molar refractivity (Wildman–Crippen MR) is 68.8 cm³/mol. The molecule has 1 aliphatic heterocycles. The summed E-state index contributed by atoms with van der Waals surface area (Å²) in [5.41, 5.74) is 7.31. The maximum absolute atomic E-state index is 11.5. The van der Waals surface area contributed by atoms with Gasteiger partial charge in [0.1, 0.15) is 0 Å². The lowest BCUT2D eigenvalue weighted by Gasteiger charge is -2.36. The van der Waals surface area contributed by atoms with Gasteiger partial charge >= 0.3 is 0 Å². The molecule has 2 unspecified atom stereocenters. The Morgan fingerprint density at radius 1 is 1.61 bits per heavy atom. The van der Waals surface area contributed by atoms with Crippen molar-refractivity contribution < 1.29 is 4.79 Å². The van der Waals surface area contributed by atoms with Crippen LogP contribution in [0.3, 0.4) is 0 Å². The van der Waals surface area contributed by atoms with Crippen molar-refractivity contribution in [2.75, 3.05) is 19.6 Å². The largest absolute Gasteiger partial charge is 0.354 e. The number of nitrogens with two attached hydrogens (primary N) is 1. The molecular weight excluding hydrogens is 230 g/mol. The van der Waals surface area contributed by atoms with E-state index < -0.39 is 0 Å². The van der Waals surface area contributed by atoms with Crippen molar-refractivity contribution in [2.45, 2.75) is 25.4 Å². The third-order valence-electron chi connectivity index (χ3n) is 3.40. The van der Waals surface area contributed by atoms with Crippen molar-refractivity contribution in [3.63, 3.8) is 0 Å². The van der Waals surface area contributed by atoms with Gasteiger partial charge in [0.05, 0.1) is 18.8 Å². The molecule has 6 heteroatoms.